The summed E-state index contributed by atoms with van der Waals surface area (Å²) >= 11 is 11.9. The number of aliphatic hydroxyl groups excluding tert-OH is 1. The molecule has 2 rings (SSSR count). The number of aliphatic hydroxyl groups is 1. The van der Waals surface area contributed by atoms with Crippen LogP contribution in [0.3, 0.4) is 0 Å². The van der Waals surface area contributed by atoms with E-state index < -0.39 is 0 Å². The van der Waals surface area contributed by atoms with Gasteiger partial charge in [-0.15, -0.1) is 0 Å². The largest absolute Gasteiger partial charge is 0.488 e. The molecule has 1 N–H and O–H groups in total. The molecule has 2 nitrogen and oxygen atoms in total. The standard InChI is InChI=1S/C13H16Cl2O2/c1-3-13(2)11(16)7-12(13)17-10-5-4-8(14)6-9(10)15/h4-6,11-12,16H,3,7H2,1-2H3. The fourth-order valence-electron chi connectivity index (χ4n) is 2.17. The fourth-order valence-corrected chi connectivity index (χ4v) is 2.62. The first-order chi connectivity index (χ1) is 7.97. The number of hydrogen-bond acceptors (Lipinski definition) is 2. The van der Waals surface area contributed by atoms with Gasteiger partial charge in [-0.25, -0.2) is 0 Å². The van der Waals surface area contributed by atoms with Crippen molar-refractivity contribution in [2.45, 2.75) is 38.9 Å². The Hall–Kier alpha value is -0.440. The van der Waals surface area contributed by atoms with E-state index in [2.05, 4.69) is 6.92 Å². The molecule has 0 radical (unpaired) electrons. The predicted octanol–water partition coefficient (Wildman–Crippen LogP) is 3.92. The zero-order chi connectivity index (χ0) is 12.6. The topological polar surface area (TPSA) is 29.5 Å². The van der Waals surface area contributed by atoms with Crippen molar-refractivity contribution in [1.82, 2.24) is 0 Å². The maximum atomic E-state index is 9.79. The summed E-state index contributed by atoms with van der Waals surface area (Å²) in [4.78, 5) is 0. The molecule has 0 saturated heterocycles. The Labute approximate surface area is 111 Å². The van der Waals surface area contributed by atoms with Crippen molar-refractivity contribution in [3.8, 4) is 5.75 Å². The van der Waals surface area contributed by atoms with Crippen LogP contribution in [0.15, 0.2) is 18.2 Å². The van der Waals surface area contributed by atoms with E-state index >= 15 is 0 Å². The predicted molar refractivity (Wildman–Crippen MR) is 69.9 cm³/mol. The van der Waals surface area contributed by atoms with Crippen LogP contribution in [0, 0.1) is 5.41 Å². The lowest BCUT2D eigenvalue weighted by Gasteiger charge is -2.50. The Bertz CT molecular complexity index is 422. The van der Waals surface area contributed by atoms with E-state index in [0.717, 1.165) is 6.42 Å². The smallest absolute Gasteiger partial charge is 0.138 e. The molecule has 0 aliphatic heterocycles. The summed E-state index contributed by atoms with van der Waals surface area (Å²) in [5.41, 5.74) is -0.178. The first-order valence-corrected chi connectivity index (χ1v) is 6.52. The maximum Gasteiger partial charge on any atom is 0.138 e. The summed E-state index contributed by atoms with van der Waals surface area (Å²) in [6.45, 7) is 4.10. The summed E-state index contributed by atoms with van der Waals surface area (Å²) in [6.07, 6.45) is 1.26. The Morgan fingerprint density at radius 1 is 1.47 bits per heavy atom. The van der Waals surface area contributed by atoms with Gasteiger partial charge in [-0.05, 0) is 24.6 Å². The number of rotatable bonds is 3. The third-order valence-electron chi connectivity index (χ3n) is 3.86. The summed E-state index contributed by atoms with van der Waals surface area (Å²) in [5, 5.41) is 10.9. The molecule has 1 fully saturated rings. The van der Waals surface area contributed by atoms with Gasteiger partial charge in [0.05, 0.1) is 11.1 Å². The van der Waals surface area contributed by atoms with Crippen LogP contribution < -0.4 is 4.74 Å². The van der Waals surface area contributed by atoms with Crippen molar-refractivity contribution in [2.24, 2.45) is 5.41 Å². The lowest BCUT2D eigenvalue weighted by molar-refractivity contribution is -0.147. The minimum Gasteiger partial charge on any atom is -0.488 e. The van der Waals surface area contributed by atoms with Gasteiger partial charge in [0.2, 0.25) is 0 Å². The zero-order valence-electron chi connectivity index (χ0n) is 9.91. The van der Waals surface area contributed by atoms with Gasteiger partial charge in [-0.2, -0.15) is 0 Å². The van der Waals surface area contributed by atoms with Crippen LogP contribution in [0.25, 0.3) is 0 Å². The van der Waals surface area contributed by atoms with Crippen molar-refractivity contribution < 1.29 is 9.84 Å². The molecule has 0 aromatic heterocycles. The molecule has 17 heavy (non-hydrogen) atoms. The molecule has 0 bridgehead atoms. The van der Waals surface area contributed by atoms with E-state index in [1.165, 1.54) is 0 Å². The van der Waals surface area contributed by atoms with Crippen LogP contribution >= 0.6 is 23.2 Å². The SMILES string of the molecule is CCC1(C)C(O)CC1Oc1ccc(Cl)cc1Cl. The van der Waals surface area contributed by atoms with E-state index in [1.54, 1.807) is 18.2 Å². The van der Waals surface area contributed by atoms with Crippen LogP contribution in [0.4, 0.5) is 0 Å². The van der Waals surface area contributed by atoms with E-state index in [9.17, 15) is 5.11 Å². The highest BCUT2D eigenvalue weighted by molar-refractivity contribution is 6.35. The highest BCUT2D eigenvalue weighted by atomic mass is 35.5. The van der Waals surface area contributed by atoms with Gasteiger partial charge >= 0.3 is 0 Å². The molecule has 1 aromatic carbocycles. The van der Waals surface area contributed by atoms with Crippen molar-refractivity contribution >= 4 is 23.2 Å². The quantitative estimate of drug-likeness (QED) is 0.905. The molecule has 1 aliphatic rings. The third-order valence-corrected chi connectivity index (χ3v) is 4.39. The Kier molecular flexibility index (Phi) is 3.58. The van der Waals surface area contributed by atoms with Crippen molar-refractivity contribution in [1.29, 1.82) is 0 Å². The second-order valence-corrected chi connectivity index (χ2v) is 5.64. The average Bonchev–Trinajstić information content (AvgIpc) is 2.30. The van der Waals surface area contributed by atoms with E-state index in [1.807, 2.05) is 6.92 Å². The van der Waals surface area contributed by atoms with Gasteiger partial charge in [-0.1, -0.05) is 37.0 Å². The van der Waals surface area contributed by atoms with Crippen LogP contribution in [0.2, 0.25) is 10.0 Å². The van der Waals surface area contributed by atoms with Gasteiger partial charge in [-0.3, -0.25) is 0 Å². The van der Waals surface area contributed by atoms with Gasteiger partial charge in [0, 0.05) is 16.9 Å². The number of benzene rings is 1. The second-order valence-electron chi connectivity index (χ2n) is 4.79. The molecule has 94 valence electrons. The van der Waals surface area contributed by atoms with Gasteiger partial charge in [0.25, 0.3) is 0 Å². The first kappa shape index (κ1) is 13.0. The summed E-state index contributed by atoms with van der Waals surface area (Å²) in [6, 6.07) is 5.18. The molecule has 0 heterocycles. The van der Waals surface area contributed by atoms with Crippen LogP contribution in [0.5, 0.6) is 5.75 Å². The molecule has 0 amide bonds. The van der Waals surface area contributed by atoms with Crippen molar-refractivity contribution in [2.75, 3.05) is 0 Å². The average molecular weight is 275 g/mol. The van der Waals surface area contributed by atoms with Crippen LogP contribution in [0.1, 0.15) is 26.7 Å². The third kappa shape index (κ3) is 2.26. The normalized spacial score (nSPS) is 32.1. The molecule has 1 aliphatic carbocycles. The van der Waals surface area contributed by atoms with Crippen molar-refractivity contribution in [3.63, 3.8) is 0 Å². The van der Waals surface area contributed by atoms with E-state index in [4.69, 9.17) is 27.9 Å². The number of hydrogen-bond donors (Lipinski definition) is 1. The van der Waals surface area contributed by atoms with Gasteiger partial charge < -0.3 is 9.84 Å². The molecule has 3 unspecified atom stereocenters. The molecular weight excluding hydrogens is 259 g/mol. The lowest BCUT2D eigenvalue weighted by atomic mass is 9.63. The molecule has 1 saturated carbocycles. The molecule has 3 atom stereocenters. The maximum absolute atomic E-state index is 9.79. The van der Waals surface area contributed by atoms with Crippen LogP contribution in [-0.4, -0.2) is 17.3 Å². The molecule has 1 aromatic rings. The minimum absolute atomic E-state index is 0.0150. The molecule has 4 heteroatoms. The summed E-state index contributed by atoms with van der Waals surface area (Å²) in [5.74, 6) is 0.632. The first-order valence-electron chi connectivity index (χ1n) is 5.77. The number of ether oxygens (including phenoxy) is 1. The highest BCUT2D eigenvalue weighted by Gasteiger charge is 2.51. The zero-order valence-corrected chi connectivity index (χ0v) is 11.4. The Morgan fingerprint density at radius 3 is 2.71 bits per heavy atom. The van der Waals surface area contributed by atoms with E-state index in [-0.39, 0.29) is 17.6 Å². The van der Waals surface area contributed by atoms with Crippen molar-refractivity contribution in [3.05, 3.63) is 28.2 Å². The fraction of sp³-hybridized carbons (Fsp3) is 0.538. The summed E-state index contributed by atoms with van der Waals surface area (Å²) in [7, 11) is 0. The monoisotopic (exact) mass is 274 g/mol. The second kappa shape index (κ2) is 4.68. The molecular formula is C13H16Cl2O2. The van der Waals surface area contributed by atoms with Gasteiger partial charge in [0.1, 0.15) is 11.9 Å². The number of halogens is 2. The minimum atomic E-state index is -0.288. The Balaban J connectivity index is 2.12. The molecule has 0 spiro atoms. The van der Waals surface area contributed by atoms with E-state index in [0.29, 0.717) is 22.2 Å². The van der Waals surface area contributed by atoms with Gasteiger partial charge in [0.15, 0.2) is 0 Å². The summed E-state index contributed by atoms with van der Waals surface area (Å²) < 4.78 is 5.86. The van der Waals surface area contributed by atoms with Crippen LogP contribution in [-0.2, 0) is 0 Å². The lowest BCUT2D eigenvalue weighted by Crippen LogP contribution is -2.57. The Morgan fingerprint density at radius 2 is 2.18 bits per heavy atom. The highest BCUT2D eigenvalue weighted by Crippen LogP contribution is 2.46.